The van der Waals surface area contributed by atoms with Crippen LogP contribution in [0.15, 0.2) is 158 Å². The van der Waals surface area contributed by atoms with Crippen LogP contribution >= 0.6 is 0 Å². The molecule has 0 saturated heterocycles. The maximum Gasteiger partial charge on any atom is 0.128 e. The number of aromatic nitrogens is 6. The van der Waals surface area contributed by atoms with Gasteiger partial charge in [-0.25, -0.2) is 9.97 Å². The van der Waals surface area contributed by atoms with Gasteiger partial charge in [0.15, 0.2) is 0 Å². The predicted octanol–water partition coefficient (Wildman–Crippen LogP) is 9.74. The molecule has 1 aliphatic heterocycles. The van der Waals surface area contributed by atoms with Gasteiger partial charge < -0.3 is 9.47 Å². The summed E-state index contributed by atoms with van der Waals surface area (Å²) < 4.78 is 12.8. The normalized spacial score (nSPS) is 11.9. The molecule has 0 bridgehead atoms. The Morgan fingerprint density at radius 1 is 0.345 bits per heavy atom. The van der Waals surface area contributed by atoms with Crippen LogP contribution in [0.25, 0.3) is 56.7 Å². The van der Waals surface area contributed by atoms with Gasteiger partial charge in [-0.15, -0.1) is 0 Å². The highest BCUT2D eigenvalue weighted by Crippen LogP contribution is 2.38. The van der Waals surface area contributed by atoms with Crippen molar-refractivity contribution in [3.63, 3.8) is 0 Å². The fraction of sp³-hybridized carbons (Fsp3) is 0.0800. The number of fused-ring (bicyclic) bond motifs is 3. The van der Waals surface area contributed by atoms with Crippen LogP contribution in [0.4, 0.5) is 0 Å². The zero-order valence-corrected chi connectivity index (χ0v) is 31.3. The molecule has 0 amide bonds. The largest absolute Gasteiger partial charge is 0.493 e. The summed E-state index contributed by atoms with van der Waals surface area (Å²) in [6.07, 6.45) is 8.75. The van der Waals surface area contributed by atoms with E-state index < -0.39 is 0 Å². The van der Waals surface area contributed by atoms with Gasteiger partial charge in [0.2, 0.25) is 0 Å². The van der Waals surface area contributed by atoms with Crippen LogP contribution in [0, 0.1) is 23.7 Å². The third-order valence-corrected chi connectivity index (χ3v) is 9.37. The van der Waals surface area contributed by atoms with Crippen LogP contribution in [-0.4, -0.2) is 43.1 Å². The van der Waals surface area contributed by atoms with Crippen molar-refractivity contribution in [3.8, 4) is 91.9 Å². The molecule has 0 spiro atoms. The minimum Gasteiger partial charge on any atom is -0.493 e. The topological polar surface area (TPSA) is 95.8 Å². The maximum absolute atomic E-state index is 6.40. The van der Waals surface area contributed by atoms with E-state index in [9.17, 15) is 0 Å². The standard InChI is InChI=1S/C50H34N6O2/c1-5-23-51-41(11-1)45-29-37(30-46(55-45)42-12-2-6-24-52-42)17-15-35-19-21-39-40-22-20-36(34-50(40)58-28-10-9-27-57-49(39)33-35)16-18-38-31-47(43-13-3-7-25-53-43)56-48(32-38)44-14-4-8-26-54-44/h1-8,11-14,19-26,29-34H,9-10,27-28H2. The Balaban J connectivity index is 1.04. The molecule has 0 fully saturated rings. The van der Waals surface area contributed by atoms with Crippen molar-refractivity contribution in [1.29, 1.82) is 0 Å². The first kappa shape index (κ1) is 35.7. The molecular formula is C50H34N6O2. The highest BCUT2D eigenvalue weighted by atomic mass is 16.5. The lowest BCUT2D eigenvalue weighted by Gasteiger charge is -2.18. The quantitative estimate of drug-likeness (QED) is 0.164. The number of hydrogen-bond donors (Lipinski definition) is 0. The van der Waals surface area contributed by atoms with Crippen LogP contribution < -0.4 is 9.47 Å². The number of ether oxygens (including phenoxy) is 2. The van der Waals surface area contributed by atoms with E-state index in [2.05, 4.69) is 55.8 Å². The molecule has 9 rings (SSSR count). The summed E-state index contributed by atoms with van der Waals surface area (Å²) in [6, 6.07) is 43.1. The molecule has 6 aromatic heterocycles. The molecule has 0 N–H and O–H groups in total. The first-order valence-corrected chi connectivity index (χ1v) is 19.0. The Labute approximate surface area is 336 Å². The van der Waals surface area contributed by atoms with Crippen molar-refractivity contribution in [2.75, 3.05) is 13.2 Å². The Kier molecular flexibility index (Phi) is 10.4. The van der Waals surface area contributed by atoms with E-state index >= 15 is 0 Å². The van der Waals surface area contributed by atoms with Crippen LogP contribution in [0.3, 0.4) is 0 Å². The number of benzene rings is 2. The monoisotopic (exact) mass is 750 g/mol. The second kappa shape index (κ2) is 16.8. The van der Waals surface area contributed by atoms with Crippen molar-refractivity contribution in [3.05, 3.63) is 181 Å². The molecule has 0 atom stereocenters. The summed E-state index contributed by atoms with van der Waals surface area (Å²) in [5.74, 6) is 15.0. The first-order valence-electron chi connectivity index (χ1n) is 19.0. The van der Waals surface area contributed by atoms with Gasteiger partial charge in [-0.2, -0.15) is 0 Å². The molecule has 276 valence electrons. The third-order valence-electron chi connectivity index (χ3n) is 9.37. The van der Waals surface area contributed by atoms with Crippen LogP contribution in [0.5, 0.6) is 11.5 Å². The number of pyridine rings is 6. The number of rotatable bonds is 4. The van der Waals surface area contributed by atoms with Crippen molar-refractivity contribution in [1.82, 2.24) is 29.9 Å². The SMILES string of the molecule is C(#Cc1ccc2c(c1)OCCCCOc1cc(C#Cc3cc(-c4ccccn4)nc(-c4ccccn4)c3)ccc1-2)c1cc(-c2ccccn2)nc(-c2ccccn2)c1. The van der Waals surface area contributed by atoms with E-state index in [1.807, 2.05) is 121 Å². The molecule has 0 radical (unpaired) electrons. The van der Waals surface area contributed by atoms with Crippen LogP contribution in [0.1, 0.15) is 35.1 Å². The summed E-state index contributed by atoms with van der Waals surface area (Å²) in [5.41, 5.74) is 11.1. The van der Waals surface area contributed by atoms with E-state index in [4.69, 9.17) is 19.4 Å². The summed E-state index contributed by atoms with van der Waals surface area (Å²) in [4.78, 5) is 27.8. The van der Waals surface area contributed by atoms with E-state index in [-0.39, 0.29) is 0 Å². The molecule has 7 heterocycles. The Hall–Kier alpha value is -7.94. The van der Waals surface area contributed by atoms with Gasteiger partial charge in [-0.3, -0.25) is 19.9 Å². The lowest BCUT2D eigenvalue weighted by Crippen LogP contribution is -2.06. The second-order valence-electron chi connectivity index (χ2n) is 13.4. The summed E-state index contributed by atoms with van der Waals surface area (Å²) in [6.45, 7) is 1.15. The molecule has 2 aromatic carbocycles. The first-order chi connectivity index (χ1) is 28.7. The van der Waals surface area contributed by atoms with Gasteiger partial charge in [-0.05, 0) is 122 Å². The molecule has 0 saturated carbocycles. The molecule has 58 heavy (non-hydrogen) atoms. The van der Waals surface area contributed by atoms with Crippen molar-refractivity contribution in [2.24, 2.45) is 0 Å². The van der Waals surface area contributed by atoms with Gasteiger partial charge in [0.1, 0.15) is 11.5 Å². The highest BCUT2D eigenvalue weighted by molar-refractivity contribution is 5.78. The third kappa shape index (κ3) is 8.33. The van der Waals surface area contributed by atoms with Crippen molar-refractivity contribution < 1.29 is 9.47 Å². The molecule has 0 unspecified atom stereocenters. The fourth-order valence-electron chi connectivity index (χ4n) is 6.53. The average Bonchev–Trinajstić information content (AvgIpc) is 3.30. The molecule has 1 aliphatic rings. The molecule has 8 heteroatoms. The lowest BCUT2D eigenvalue weighted by atomic mass is 9.99. The highest BCUT2D eigenvalue weighted by Gasteiger charge is 2.16. The smallest absolute Gasteiger partial charge is 0.128 e. The van der Waals surface area contributed by atoms with Gasteiger partial charge in [-0.1, -0.05) is 47.9 Å². The zero-order chi connectivity index (χ0) is 38.9. The van der Waals surface area contributed by atoms with Crippen LogP contribution in [-0.2, 0) is 0 Å². The average molecular weight is 751 g/mol. The zero-order valence-electron chi connectivity index (χ0n) is 31.3. The van der Waals surface area contributed by atoms with Crippen molar-refractivity contribution >= 4 is 0 Å². The molecular weight excluding hydrogens is 717 g/mol. The van der Waals surface area contributed by atoms with E-state index in [0.717, 1.165) is 103 Å². The minimum absolute atomic E-state index is 0.574. The minimum atomic E-state index is 0.574. The number of hydrogen-bond acceptors (Lipinski definition) is 8. The Bertz CT molecular complexity index is 2530. The van der Waals surface area contributed by atoms with Crippen LogP contribution in [0.2, 0.25) is 0 Å². The fourth-order valence-corrected chi connectivity index (χ4v) is 6.53. The van der Waals surface area contributed by atoms with E-state index in [1.165, 1.54) is 0 Å². The van der Waals surface area contributed by atoms with Gasteiger partial charge in [0, 0.05) is 58.2 Å². The molecule has 8 nitrogen and oxygen atoms in total. The molecule has 0 aliphatic carbocycles. The Morgan fingerprint density at radius 3 is 1.02 bits per heavy atom. The summed E-state index contributed by atoms with van der Waals surface area (Å²) >= 11 is 0. The maximum atomic E-state index is 6.40. The number of nitrogens with zero attached hydrogens (tertiary/aromatic N) is 6. The lowest BCUT2D eigenvalue weighted by molar-refractivity contribution is 0.264. The van der Waals surface area contributed by atoms with E-state index in [1.54, 1.807) is 24.8 Å². The summed E-state index contributed by atoms with van der Waals surface area (Å²) in [7, 11) is 0. The molecule has 8 aromatic rings. The van der Waals surface area contributed by atoms with Crippen molar-refractivity contribution in [2.45, 2.75) is 12.8 Å². The van der Waals surface area contributed by atoms with Gasteiger partial charge >= 0.3 is 0 Å². The predicted molar refractivity (Wildman–Crippen MR) is 225 cm³/mol. The summed E-state index contributed by atoms with van der Waals surface area (Å²) in [5, 5.41) is 0. The second-order valence-corrected chi connectivity index (χ2v) is 13.4. The van der Waals surface area contributed by atoms with Gasteiger partial charge in [0.25, 0.3) is 0 Å². The van der Waals surface area contributed by atoms with E-state index in [0.29, 0.717) is 13.2 Å². The Morgan fingerprint density at radius 2 is 0.690 bits per heavy atom. The van der Waals surface area contributed by atoms with Gasteiger partial charge in [0.05, 0.1) is 58.8 Å².